The molecule has 0 amide bonds. The van der Waals surface area contributed by atoms with E-state index in [1.165, 1.54) is 55.3 Å². The Morgan fingerprint density at radius 2 is 1.70 bits per heavy atom. The SMILES string of the molecule is Clc1ccc(CN2CCc3c(ncnc3NCC34CC5CC(CC(C5)C3)C4)C2)cc1. The topological polar surface area (TPSA) is 41.1 Å². The van der Waals surface area contributed by atoms with Crippen molar-refractivity contribution in [1.82, 2.24) is 14.9 Å². The number of nitrogens with one attached hydrogen (secondary N) is 1. The fraction of sp³-hybridized carbons (Fsp3) is 0.600. The molecular formula is C25H31ClN4. The summed E-state index contributed by atoms with van der Waals surface area (Å²) in [5.41, 5.74) is 4.37. The first-order valence-corrected chi connectivity index (χ1v) is 12.1. The lowest BCUT2D eigenvalue weighted by Crippen LogP contribution is -2.49. The van der Waals surface area contributed by atoms with Crippen molar-refractivity contribution in [2.45, 2.75) is 58.0 Å². The molecule has 0 atom stereocenters. The monoisotopic (exact) mass is 422 g/mol. The number of benzene rings is 1. The van der Waals surface area contributed by atoms with Crippen molar-refractivity contribution in [3.63, 3.8) is 0 Å². The lowest BCUT2D eigenvalue weighted by molar-refractivity contribution is -0.0444. The van der Waals surface area contributed by atoms with E-state index in [4.69, 9.17) is 11.6 Å². The van der Waals surface area contributed by atoms with Crippen molar-refractivity contribution in [1.29, 1.82) is 0 Å². The Labute approximate surface area is 184 Å². The summed E-state index contributed by atoms with van der Waals surface area (Å²) in [5.74, 6) is 4.10. The van der Waals surface area contributed by atoms with Crippen LogP contribution in [0, 0.1) is 23.2 Å². The van der Waals surface area contributed by atoms with Gasteiger partial charge < -0.3 is 5.32 Å². The predicted molar refractivity (Wildman–Crippen MR) is 120 cm³/mol. The van der Waals surface area contributed by atoms with Gasteiger partial charge >= 0.3 is 0 Å². The highest BCUT2D eigenvalue weighted by atomic mass is 35.5. The van der Waals surface area contributed by atoms with Gasteiger partial charge in [0.15, 0.2) is 0 Å². The number of hydrogen-bond donors (Lipinski definition) is 1. The molecule has 5 aliphatic rings. The summed E-state index contributed by atoms with van der Waals surface area (Å²) >= 11 is 6.03. The molecule has 158 valence electrons. The van der Waals surface area contributed by atoms with Crippen LogP contribution in [0.5, 0.6) is 0 Å². The van der Waals surface area contributed by atoms with Crippen LogP contribution in [0.2, 0.25) is 5.02 Å². The first kappa shape index (κ1) is 19.1. The highest BCUT2D eigenvalue weighted by Gasteiger charge is 2.50. The molecule has 2 aromatic rings. The van der Waals surface area contributed by atoms with Gasteiger partial charge in [-0.15, -0.1) is 0 Å². The predicted octanol–water partition coefficient (Wildman–Crippen LogP) is 5.32. The summed E-state index contributed by atoms with van der Waals surface area (Å²) in [6.45, 7) is 3.99. The molecule has 7 rings (SSSR count). The van der Waals surface area contributed by atoms with Crippen molar-refractivity contribution in [3.05, 3.63) is 52.4 Å². The van der Waals surface area contributed by atoms with E-state index >= 15 is 0 Å². The van der Waals surface area contributed by atoms with Gasteiger partial charge in [-0.1, -0.05) is 23.7 Å². The Kier molecular flexibility index (Phi) is 4.76. The molecule has 4 bridgehead atoms. The zero-order valence-electron chi connectivity index (χ0n) is 17.6. The molecule has 4 aliphatic carbocycles. The van der Waals surface area contributed by atoms with Crippen LogP contribution in [-0.4, -0.2) is 28.0 Å². The van der Waals surface area contributed by atoms with Crippen LogP contribution in [0.3, 0.4) is 0 Å². The van der Waals surface area contributed by atoms with Gasteiger partial charge in [0.2, 0.25) is 0 Å². The van der Waals surface area contributed by atoms with Gasteiger partial charge in [-0.25, -0.2) is 9.97 Å². The summed E-state index contributed by atoms with van der Waals surface area (Å²) < 4.78 is 0. The Morgan fingerprint density at radius 3 is 2.40 bits per heavy atom. The lowest BCUT2D eigenvalue weighted by Gasteiger charge is -2.57. The summed E-state index contributed by atoms with van der Waals surface area (Å²) in [6, 6.07) is 8.19. The van der Waals surface area contributed by atoms with E-state index in [0.717, 1.165) is 61.2 Å². The molecule has 0 radical (unpaired) electrons. The summed E-state index contributed by atoms with van der Waals surface area (Å²) in [7, 11) is 0. The molecule has 0 saturated heterocycles. The first-order chi connectivity index (χ1) is 14.6. The second-order valence-corrected chi connectivity index (χ2v) is 10.9. The van der Waals surface area contributed by atoms with Crippen LogP contribution < -0.4 is 5.32 Å². The molecule has 1 aliphatic heterocycles. The average molecular weight is 423 g/mol. The van der Waals surface area contributed by atoms with Gasteiger partial charge in [-0.05, 0) is 85.8 Å². The molecule has 2 heterocycles. The molecule has 1 N–H and O–H groups in total. The van der Waals surface area contributed by atoms with E-state index in [1.54, 1.807) is 6.33 Å². The zero-order chi connectivity index (χ0) is 20.1. The number of fused-ring (bicyclic) bond motifs is 1. The van der Waals surface area contributed by atoms with Gasteiger partial charge in [0.05, 0.1) is 5.69 Å². The van der Waals surface area contributed by atoms with Crippen LogP contribution in [0.1, 0.15) is 55.3 Å². The minimum absolute atomic E-state index is 0.530. The molecular weight excluding hydrogens is 392 g/mol. The van der Waals surface area contributed by atoms with E-state index in [2.05, 4.69) is 32.3 Å². The smallest absolute Gasteiger partial charge is 0.132 e. The normalized spacial score (nSPS) is 32.2. The molecule has 30 heavy (non-hydrogen) atoms. The number of hydrogen-bond acceptors (Lipinski definition) is 4. The second kappa shape index (κ2) is 7.49. The third-order valence-corrected chi connectivity index (χ3v) is 8.45. The third kappa shape index (κ3) is 3.62. The van der Waals surface area contributed by atoms with Crippen molar-refractivity contribution >= 4 is 17.4 Å². The van der Waals surface area contributed by atoms with Crippen LogP contribution in [0.15, 0.2) is 30.6 Å². The van der Waals surface area contributed by atoms with Gasteiger partial charge in [0.1, 0.15) is 12.1 Å². The van der Waals surface area contributed by atoms with E-state index < -0.39 is 0 Å². The molecule has 0 spiro atoms. The van der Waals surface area contributed by atoms with Crippen LogP contribution in [-0.2, 0) is 19.5 Å². The molecule has 1 aromatic carbocycles. The molecule has 4 nitrogen and oxygen atoms in total. The van der Waals surface area contributed by atoms with E-state index in [0.29, 0.717) is 5.41 Å². The quantitative estimate of drug-likeness (QED) is 0.708. The number of rotatable bonds is 5. The maximum Gasteiger partial charge on any atom is 0.132 e. The Morgan fingerprint density at radius 1 is 1.00 bits per heavy atom. The largest absolute Gasteiger partial charge is 0.369 e. The second-order valence-electron chi connectivity index (χ2n) is 10.5. The minimum atomic E-state index is 0.530. The summed E-state index contributed by atoms with van der Waals surface area (Å²) in [4.78, 5) is 11.8. The highest BCUT2D eigenvalue weighted by Crippen LogP contribution is 2.59. The minimum Gasteiger partial charge on any atom is -0.369 e. The van der Waals surface area contributed by atoms with E-state index in [9.17, 15) is 0 Å². The van der Waals surface area contributed by atoms with Crippen LogP contribution >= 0.6 is 11.6 Å². The van der Waals surface area contributed by atoms with Crippen LogP contribution in [0.25, 0.3) is 0 Å². The molecule has 1 aromatic heterocycles. The Hall–Kier alpha value is -1.65. The fourth-order valence-corrected chi connectivity index (χ4v) is 7.45. The number of nitrogens with zero attached hydrogens (tertiary/aromatic N) is 3. The summed E-state index contributed by atoms with van der Waals surface area (Å²) in [6.07, 6.45) is 11.6. The van der Waals surface area contributed by atoms with Crippen LogP contribution in [0.4, 0.5) is 5.82 Å². The van der Waals surface area contributed by atoms with Crippen molar-refractivity contribution in [2.75, 3.05) is 18.4 Å². The Bertz CT molecular complexity index is 890. The van der Waals surface area contributed by atoms with E-state index in [-0.39, 0.29) is 0 Å². The van der Waals surface area contributed by atoms with Crippen molar-refractivity contribution < 1.29 is 0 Å². The third-order valence-electron chi connectivity index (χ3n) is 8.20. The van der Waals surface area contributed by atoms with Gasteiger partial charge in [0.25, 0.3) is 0 Å². The summed E-state index contributed by atoms with van der Waals surface area (Å²) in [5, 5.41) is 4.61. The lowest BCUT2D eigenvalue weighted by atomic mass is 9.49. The Balaban J connectivity index is 1.14. The van der Waals surface area contributed by atoms with Gasteiger partial charge in [-0.3, -0.25) is 4.90 Å². The number of anilines is 1. The standard InChI is InChI=1S/C25H31ClN4/c26-21-3-1-17(2-4-21)13-30-6-5-22-23(14-30)28-16-29-24(22)27-15-25-10-18-7-19(11-25)9-20(8-18)12-25/h1-4,16,18-20H,5-15H2,(H,27,28,29). The van der Waals surface area contributed by atoms with Gasteiger partial charge in [0, 0.05) is 36.8 Å². The number of halogens is 1. The zero-order valence-corrected chi connectivity index (χ0v) is 18.4. The molecule has 5 heteroatoms. The number of aromatic nitrogens is 2. The fourth-order valence-electron chi connectivity index (χ4n) is 7.32. The average Bonchev–Trinajstić information content (AvgIpc) is 2.73. The maximum atomic E-state index is 6.03. The van der Waals surface area contributed by atoms with Gasteiger partial charge in [-0.2, -0.15) is 0 Å². The van der Waals surface area contributed by atoms with Crippen molar-refractivity contribution in [2.24, 2.45) is 23.2 Å². The molecule has 4 saturated carbocycles. The molecule has 4 fully saturated rings. The molecule has 0 unspecified atom stereocenters. The highest BCUT2D eigenvalue weighted by molar-refractivity contribution is 6.30. The first-order valence-electron chi connectivity index (χ1n) is 11.7. The van der Waals surface area contributed by atoms with Crippen molar-refractivity contribution in [3.8, 4) is 0 Å². The maximum absolute atomic E-state index is 6.03. The van der Waals surface area contributed by atoms with E-state index in [1.807, 2.05) is 12.1 Å².